The maximum atomic E-state index is 13.2. The number of allylic oxidation sites excluding steroid dienone is 5. The topological polar surface area (TPSA) is 307 Å². The van der Waals surface area contributed by atoms with Crippen LogP contribution in [0, 0.1) is 0 Å². The molecule has 3 aliphatic heterocycles. The molecule has 19 heteroatoms. The van der Waals surface area contributed by atoms with Gasteiger partial charge in [-0.1, -0.05) is 224 Å². The van der Waals surface area contributed by atoms with Gasteiger partial charge in [0.1, 0.15) is 73.2 Å². The zero-order chi connectivity index (χ0) is 61.2. The smallest absolute Gasteiger partial charge is 0.220 e. The van der Waals surface area contributed by atoms with E-state index >= 15 is 0 Å². The van der Waals surface area contributed by atoms with Gasteiger partial charge < -0.3 is 89.9 Å². The molecule has 0 aromatic heterocycles. The monoisotopic (exact) mass is 1200 g/mol. The number of hydrogen-bond donors (Lipinski definition) is 12. The third kappa shape index (κ3) is 30.5. The molecule has 84 heavy (non-hydrogen) atoms. The van der Waals surface area contributed by atoms with E-state index in [4.69, 9.17) is 28.4 Å². The minimum absolute atomic E-state index is 0.244. The lowest BCUT2D eigenvalue weighted by molar-refractivity contribution is -0.379. The average Bonchev–Trinajstić information content (AvgIpc) is 3.36. The van der Waals surface area contributed by atoms with Gasteiger partial charge in [-0.05, 0) is 44.9 Å². The van der Waals surface area contributed by atoms with E-state index in [9.17, 15) is 61.0 Å². The summed E-state index contributed by atoms with van der Waals surface area (Å²) in [5, 5.41) is 119. The van der Waals surface area contributed by atoms with E-state index in [-0.39, 0.29) is 18.9 Å². The summed E-state index contributed by atoms with van der Waals surface area (Å²) < 4.78 is 34.0. The Morgan fingerprint density at radius 1 is 0.429 bits per heavy atom. The Balaban J connectivity index is 1.24. The molecule has 19 nitrogen and oxygen atoms in total. The van der Waals surface area contributed by atoms with E-state index < -0.39 is 124 Å². The Kier molecular flexibility index (Phi) is 43.5. The Morgan fingerprint density at radius 2 is 0.798 bits per heavy atom. The molecule has 3 rings (SSSR count). The fourth-order valence-corrected chi connectivity index (χ4v) is 11.2. The number of hydrogen-bond acceptors (Lipinski definition) is 18. The van der Waals surface area contributed by atoms with E-state index in [1.165, 1.54) is 167 Å². The van der Waals surface area contributed by atoms with Crippen molar-refractivity contribution in [3.05, 3.63) is 36.5 Å². The van der Waals surface area contributed by atoms with Crippen LogP contribution in [0.15, 0.2) is 36.5 Å². The molecule has 0 spiro atoms. The summed E-state index contributed by atoms with van der Waals surface area (Å²) >= 11 is 0. The van der Waals surface area contributed by atoms with Gasteiger partial charge in [-0.2, -0.15) is 0 Å². The SMILES string of the molecule is CCCC/C=C/C(O)C(COC1OC(CO)C(OC2OC(CO)C(OC3OC(CO)C(O)C(O)C3O)C(O)C2O)C(O)C1O)NC(=O)CCCCCCCCCCCCCCCCCCCCCCCCC/C=C\C/C=C\CCCCCCC. The van der Waals surface area contributed by atoms with Gasteiger partial charge in [0, 0.05) is 6.42 Å². The fourth-order valence-electron chi connectivity index (χ4n) is 11.2. The molecule has 3 fully saturated rings. The highest BCUT2D eigenvalue weighted by atomic mass is 16.8. The largest absolute Gasteiger partial charge is 0.394 e. The highest BCUT2D eigenvalue weighted by Crippen LogP contribution is 2.33. The van der Waals surface area contributed by atoms with Crippen molar-refractivity contribution in [3.63, 3.8) is 0 Å². The third-order valence-electron chi connectivity index (χ3n) is 16.7. The van der Waals surface area contributed by atoms with Crippen LogP contribution in [-0.4, -0.2) is 193 Å². The molecule has 0 aliphatic carbocycles. The summed E-state index contributed by atoms with van der Waals surface area (Å²) in [5.41, 5.74) is 0. The molecular formula is C65H119NO18. The first-order chi connectivity index (χ1) is 40.8. The summed E-state index contributed by atoms with van der Waals surface area (Å²) in [6, 6.07) is -0.966. The molecule has 3 heterocycles. The normalized spacial score (nSPS) is 29.4. The van der Waals surface area contributed by atoms with Crippen LogP contribution in [-0.2, 0) is 33.2 Å². The lowest BCUT2D eigenvalue weighted by Gasteiger charge is -2.48. The maximum Gasteiger partial charge on any atom is 0.220 e. The molecule has 492 valence electrons. The van der Waals surface area contributed by atoms with E-state index in [1.807, 2.05) is 13.0 Å². The number of aliphatic hydroxyl groups excluding tert-OH is 11. The number of carbonyl (C=O) groups excluding carboxylic acids is 1. The molecule has 12 N–H and O–H groups in total. The summed E-state index contributed by atoms with van der Waals surface area (Å²) in [7, 11) is 0. The lowest BCUT2D eigenvalue weighted by atomic mass is 9.96. The Morgan fingerprint density at radius 3 is 1.24 bits per heavy atom. The number of amides is 1. The molecule has 0 bridgehead atoms. The number of rotatable bonds is 50. The van der Waals surface area contributed by atoms with Crippen molar-refractivity contribution < 1.29 is 89.4 Å². The minimum Gasteiger partial charge on any atom is -0.394 e. The van der Waals surface area contributed by atoms with E-state index in [1.54, 1.807) is 6.08 Å². The number of nitrogens with one attached hydrogen (secondary N) is 1. The molecule has 3 saturated heterocycles. The van der Waals surface area contributed by atoms with Crippen LogP contribution in [0.2, 0.25) is 0 Å². The predicted octanol–water partition coefficient (Wildman–Crippen LogP) is 7.66. The summed E-state index contributed by atoms with van der Waals surface area (Å²) in [6.45, 7) is 1.55. The number of carbonyl (C=O) groups is 1. The predicted molar refractivity (Wildman–Crippen MR) is 323 cm³/mol. The van der Waals surface area contributed by atoms with Crippen LogP contribution in [0.25, 0.3) is 0 Å². The number of ether oxygens (including phenoxy) is 6. The van der Waals surface area contributed by atoms with Gasteiger partial charge in [0.25, 0.3) is 0 Å². The number of unbranched alkanes of at least 4 members (excludes halogenated alkanes) is 30. The number of aliphatic hydroxyl groups is 11. The van der Waals surface area contributed by atoms with Gasteiger partial charge >= 0.3 is 0 Å². The first kappa shape index (κ1) is 76.3. The van der Waals surface area contributed by atoms with Crippen LogP contribution in [0.3, 0.4) is 0 Å². The van der Waals surface area contributed by atoms with Crippen LogP contribution in [0.4, 0.5) is 0 Å². The second kappa shape index (κ2) is 47.9. The Bertz CT molecular complexity index is 1670. The third-order valence-corrected chi connectivity index (χ3v) is 16.7. The van der Waals surface area contributed by atoms with Crippen LogP contribution in [0.1, 0.15) is 239 Å². The molecule has 0 radical (unpaired) electrons. The molecule has 17 atom stereocenters. The highest BCUT2D eigenvalue weighted by molar-refractivity contribution is 5.76. The van der Waals surface area contributed by atoms with E-state index in [0.717, 1.165) is 38.5 Å². The van der Waals surface area contributed by atoms with Crippen LogP contribution in [0.5, 0.6) is 0 Å². The zero-order valence-electron chi connectivity index (χ0n) is 51.6. The van der Waals surface area contributed by atoms with E-state index in [2.05, 4.69) is 36.5 Å². The van der Waals surface area contributed by atoms with Gasteiger partial charge in [-0.15, -0.1) is 0 Å². The highest BCUT2D eigenvalue weighted by Gasteiger charge is 2.53. The maximum absolute atomic E-state index is 13.2. The molecule has 0 aromatic carbocycles. The van der Waals surface area contributed by atoms with Crippen molar-refractivity contribution in [1.82, 2.24) is 5.32 Å². The Labute approximate surface area is 504 Å². The molecule has 3 aliphatic rings. The van der Waals surface area contributed by atoms with Gasteiger partial charge in [-0.3, -0.25) is 4.79 Å². The summed E-state index contributed by atoms with van der Waals surface area (Å²) in [5.74, 6) is -0.282. The van der Waals surface area contributed by atoms with Gasteiger partial charge in [0.05, 0.1) is 38.6 Å². The van der Waals surface area contributed by atoms with Crippen molar-refractivity contribution in [2.45, 2.75) is 343 Å². The van der Waals surface area contributed by atoms with Crippen molar-refractivity contribution >= 4 is 5.91 Å². The van der Waals surface area contributed by atoms with Gasteiger partial charge in [0.2, 0.25) is 5.91 Å². The molecular weight excluding hydrogens is 1080 g/mol. The van der Waals surface area contributed by atoms with Crippen LogP contribution >= 0.6 is 0 Å². The molecule has 1 amide bonds. The first-order valence-electron chi connectivity index (χ1n) is 33.2. The fraction of sp³-hybridized carbons (Fsp3) is 0.892. The molecule has 17 unspecified atom stereocenters. The molecule has 0 aromatic rings. The minimum atomic E-state index is -1.97. The van der Waals surface area contributed by atoms with Crippen molar-refractivity contribution in [3.8, 4) is 0 Å². The summed E-state index contributed by atoms with van der Waals surface area (Å²) in [6.07, 6.45) is 28.4. The average molecular weight is 1200 g/mol. The second-order valence-corrected chi connectivity index (χ2v) is 23.9. The standard InChI is InChI=1S/C65H119NO18/c1-3-5-7-9-10-11-12-13-14-15-16-17-18-19-20-21-22-23-24-25-26-27-28-29-30-31-32-33-34-35-36-37-38-39-41-43-53(71)66-48(49(70)42-40-8-6-4-2)47-79-63-59(77)56(74)61(51(45-68)81-63)84-65-60(78)57(75)62(52(46-69)82-65)83-64-58(76)55(73)54(72)50(44-67)80-64/h12-13,15-16,40,42,48-52,54-65,67-70,72-78H,3-11,14,17-39,41,43-47H2,1-2H3,(H,66,71)/b13-12-,16-15-,42-40+. The van der Waals surface area contributed by atoms with E-state index in [0.29, 0.717) is 12.8 Å². The first-order valence-corrected chi connectivity index (χ1v) is 33.2. The van der Waals surface area contributed by atoms with Crippen molar-refractivity contribution in [1.29, 1.82) is 0 Å². The van der Waals surface area contributed by atoms with Gasteiger partial charge in [0.15, 0.2) is 18.9 Å². The zero-order valence-corrected chi connectivity index (χ0v) is 51.6. The Hall–Kier alpha value is -1.99. The second-order valence-electron chi connectivity index (χ2n) is 23.9. The van der Waals surface area contributed by atoms with Crippen molar-refractivity contribution in [2.75, 3.05) is 26.4 Å². The van der Waals surface area contributed by atoms with Crippen LogP contribution < -0.4 is 5.32 Å². The lowest BCUT2D eigenvalue weighted by Crippen LogP contribution is -2.66. The quantitative estimate of drug-likeness (QED) is 0.0205. The van der Waals surface area contributed by atoms with Crippen molar-refractivity contribution in [2.24, 2.45) is 0 Å². The summed E-state index contributed by atoms with van der Waals surface area (Å²) in [4.78, 5) is 13.2. The van der Waals surface area contributed by atoms with Gasteiger partial charge in [-0.25, -0.2) is 0 Å². The molecule has 0 saturated carbocycles.